The third-order valence-electron chi connectivity index (χ3n) is 10.1. The third kappa shape index (κ3) is 16.9. The fourth-order valence-corrected chi connectivity index (χ4v) is 7.38. The molecule has 2 aromatic rings. The van der Waals surface area contributed by atoms with Gasteiger partial charge in [0, 0.05) is 53.0 Å². The van der Waals surface area contributed by atoms with Gasteiger partial charge in [0.1, 0.15) is 0 Å². The van der Waals surface area contributed by atoms with Gasteiger partial charge in [-0.1, -0.05) is 124 Å². The maximum atomic E-state index is 12.5. The molecule has 1 heterocycles. The average Bonchev–Trinajstić information content (AvgIpc) is 3.43. The molecule has 5 heteroatoms. The van der Waals surface area contributed by atoms with Crippen LogP contribution in [0.4, 0.5) is 0 Å². The van der Waals surface area contributed by atoms with Gasteiger partial charge in [-0.15, -0.1) is 0 Å². The van der Waals surface area contributed by atoms with E-state index in [4.69, 9.17) is 10.2 Å². The summed E-state index contributed by atoms with van der Waals surface area (Å²) in [5.41, 5.74) is 25.6. The van der Waals surface area contributed by atoms with Gasteiger partial charge in [-0.3, -0.25) is 0 Å². The van der Waals surface area contributed by atoms with Crippen molar-refractivity contribution in [2.45, 2.75) is 189 Å². The Balaban J connectivity index is 0.00000502. The van der Waals surface area contributed by atoms with Crippen molar-refractivity contribution in [3.63, 3.8) is 0 Å². The fraction of sp³-hybridized carbons (Fsp3) is 0.660. The Bertz CT molecular complexity index is 1260. The molecule has 4 nitrogen and oxygen atoms in total. The zero-order chi connectivity index (χ0) is 37.9. The summed E-state index contributed by atoms with van der Waals surface area (Å²) in [7, 11) is 2.00. The number of rotatable bonds is 25. The van der Waals surface area contributed by atoms with Crippen LogP contribution in [0.25, 0.3) is 16.9 Å². The van der Waals surface area contributed by atoms with Crippen molar-refractivity contribution < 1.29 is 31.4 Å². The smallest absolute Gasteiger partial charge is 0.211 e. The standard InChI is InChI=1S/C45H70N2.2CH4O.Ni/c1-7-13-19-24-36-30-37(25-20-14-8-2)33-40(32-36)44-42(28-18-12-6)43(29-23-17-11-5)45(47(44)46)41-34-38(26-21-15-9-3)31-39(35-41)27-22-16-10-4;2*1-2;/h30-35H,7-29H2,1-6H3;2*2H,1H3;. The van der Waals surface area contributed by atoms with E-state index in [0.29, 0.717) is 0 Å². The van der Waals surface area contributed by atoms with E-state index in [1.54, 1.807) is 4.70 Å². The van der Waals surface area contributed by atoms with Crippen LogP contribution in [0, 0.1) is 0 Å². The van der Waals surface area contributed by atoms with Crippen LogP contribution in [0.2, 0.25) is 0 Å². The Kier molecular flexibility index (Phi) is 30.1. The van der Waals surface area contributed by atoms with Crippen LogP contribution < -0.4 is 0 Å². The summed E-state index contributed by atoms with van der Waals surface area (Å²) in [6.07, 6.45) is 27.5. The Morgan fingerprint density at radius 2 is 0.635 bits per heavy atom. The molecule has 2 N–H and O–H groups in total. The first-order valence-corrected chi connectivity index (χ1v) is 21.1. The van der Waals surface area contributed by atoms with Crippen molar-refractivity contribution in [2.24, 2.45) is 0 Å². The molecule has 1 aliphatic rings. The first-order valence-electron chi connectivity index (χ1n) is 21.1. The molecule has 0 saturated carbocycles. The number of aryl methyl sites for hydroxylation is 4. The van der Waals surface area contributed by atoms with Crippen molar-refractivity contribution in [3.8, 4) is 0 Å². The summed E-state index contributed by atoms with van der Waals surface area (Å²) in [6, 6.07) is 14.6. The maximum Gasteiger partial charge on any atom is 0.211 e. The topological polar surface area (TPSA) is 65.8 Å². The van der Waals surface area contributed by atoms with Crippen molar-refractivity contribution in [3.05, 3.63) is 86.5 Å². The monoisotopic (exact) mass is 761 g/mol. The molecule has 0 fully saturated rings. The molecule has 52 heavy (non-hydrogen) atoms. The van der Waals surface area contributed by atoms with Crippen molar-refractivity contribution >= 4 is 11.4 Å². The second-order valence-corrected chi connectivity index (χ2v) is 14.4. The Hall–Kier alpha value is -2.07. The number of benzene rings is 2. The van der Waals surface area contributed by atoms with Gasteiger partial charge in [0.2, 0.25) is 11.4 Å². The van der Waals surface area contributed by atoms with E-state index >= 15 is 0 Å². The molecule has 3 rings (SSSR count). The molecule has 0 bridgehead atoms. The second-order valence-electron chi connectivity index (χ2n) is 14.4. The first kappa shape index (κ1) is 49.9. The van der Waals surface area contributed by atoms with Gasteiger partial charge in [0.05, 0.1) is 0 Å². The predicted molar refractivity (Wildman–Crippen MR) is 223 cm³/mol. The van der Waals surface area contributed by atoms with E-state index in [-0.39, 0.29) is 16.5 Å². The SMILES string of the molecule is CCCCCC1=C(c2cc(CCCCC)cc(CCCCC)c2)[N+](=[N-])C(c2cc(CCCCC)cc(CCCCC)c2)=C1CCCC.CO.CO.[Ni]. The molecule has 0 unspecified atom stereocenters. The number of aliphatic hydroxyl groups excluding tert-OH is 2. The van der Waals surface area contributed by atoms with Crippen molar-refractivity contribution in [2.75, 3.05) is 14.2 Å². The van der Waals surface area contributed by atoms with E-state index in [1.807, 2.05) is 0 Å². The molecule has 1 aliphatic heterocycles. The van der Waals surface area contributed by atoms with Crippen LogP contribution in [-0.2, 0) is 42.2 Å². The van der Waals surface area contributed by atoms with E-state index < -0.39 is 0 Å². The zero-order valence-corrected chi connectivity index (χ0v) is 35.8. The van der Waals surface area contributed by atoms with E-state index in [9.17, 15) is 5.53 Å². The van der Waals surface area contributed by atoms with Gasteiger partial charge >= 0.3 is 0 Å². The van der Waals surface area contributed by atoms with Crippen LogP contribution in [0.3, 0.4) is 0 Å². The van der Waals surface area contributed by atoms with Gasteiger partial charge in [0.15, 0.2) is 0 Å². The maximum absolute atomic E-state index is 12.5. The Morgan fingerprint density at radius 1 is 0.385 bits per heavy atom. The number of allylic oxidation sites excluding steroid dienone is 2. The normalized spacial score (nSPS) is 12.4. The second kappa shape index (κ2) is 31.3. The molecule has 0 aliphatic carbocycles. The first-order chi connectivity index (χ1) is 25.0. The van der Waals surface area contributed by atoms with Crippen molar-refractivity contribution in [1.29, 1.82) is 0 Å². The molecule has 298 valence electrons. The van der Waals surface area contributed by atoms with Crippen molar-refractivity contribution in [1.82, 2.24) is 0 Å². The van der Waals surface area contributed by atoms with Crippen LogP contribution in [-0.4, -0.2) is 29.1 Å². The van der Waals surface area contributed by atoms with E-state index in [0.717, 1.165) is 77.0 Å². The summed E-state index contributed by atoms with van der Waals surface area (Å²) in [5.74, 6) is 0. The van der Waals surface area contributed by atoms with E-state index in [1.165, 1.54) is 141 Å². The van der Waals surface area contributed by atoms with Crippen LogP contribution >= 0.6 is 0 Å². The minimum absolute atomic E-state index is 0. The predicted octanol–water partition coefficient (Wildman–Crippen LogP) is 13.8. The zero-order valence-electron chi connectivity index (χ0n) is 34.8. The summed E-state index contributed by atoms with van der Waals surface area (Å²) in [6.45, 7) is 13.8. The summed E-state index contributed by atoms with van der Waals surface area (Å²) < 4.78 is 1.66. The molecular formula is C47H78N2NiO2. The molecule has 0 atom stereocenters. The summed E-state index contributed by atoms with van der Waals surface area (Å²) >= 11 is 0. The van der Waals surface area contributed by atoms with Crippen LogP contribution in [0.5, 0.6) is 0 Å². The van der Waals surface area contributed by atoms with Gasteiger partial charge < -0.3 is 15.7 Å². The number of hydrogen-bond donors (Lipinski definition) is 2. The van der Waals surface area contributed by atoms with Gasteiger partial charge in [0.25, 0.3) is 0 Å². The number of unbranched alkanes of at least 4 members (excludes halogenated alkanes) is 11. The molecule has 0 aromatic heterocycles. The average molecular weight is 762 g/mol. The third-order valence-corrected chi connectivity index (χ3v) is 10.1. The quantitative estimate of drug-likeness (QED) is 0.0601. The Labute approximate surface area is 331 Å². The Morgan fingerprint density at radius 3 is 0.904 bits per heavy atom. The number of hydrogen-bond acceptors (Lipinski definition) is 2. The molecule has 0 radical (unpaired) electrons. The molecule has 0 spiro atoms. The molecule has 2 aromatic carbocycles. The minimum atomic E-state index is 0. The van der Waals surface area contributed by atoms with Crippen LogP contribution in [0.15, 0.2) is 47.5 Å². The van der Waals surface area contributed by atoms with Crippen LogP contribution in [0.1, 0.15) is 197 Å². The molecule has 0 amide bonds. The summed E-state index contributed by atoms with van der Waals surface area (Å²) in [4.78, 5) is 0. The number of nitrogens with zero attached hydrogens (tertiary/aromatic N) is 2. The largest absolute Gasteiger partial charge is 0.493 e. The number of aliphatic hydroxyl groups is 2. The van der Waals surface area contributed by atoms with Gasteiger partial charge in [-0.25, -0.2) is 4.70 Å². The van der Waals surface area contributed by atoms with E-state index in [2.05, 4.69) is 77.9 Å². The van der Waals surface area contributed by atoms with Gasteiger partial charge in [-0.2, -0.15) is 0 Å². The minimum Gasteiger partial charge on any atom is -0.493 e. The molecule has 0 saturated heterocycles. The van der Waals surface area contributed by atoms with Gasteiger partial charge in [-0.05, 0) is 124 Å². The fourth-order valence-electron chi connectivity index (χ4n) is 7.38. The summed E-state index contributed by atoms with van der Waals surface area (Å²) in [5, 5.41) is 14.0. The molecular weight excluding hydrogens is 683 g/mol.